The number of benzene rings is 1. The topological polar surface area (TPSA) is 55.8 Å². The van der Waals surface area contributed by atoms with E-state index in [9.17, 15) is 14.0 Å². The van der Waals surface area contributed by atoms with Crippen LogP contribution in [0.25, 0.3) is 0 Å². The molecule has 0 amide bonds. The second-order valence-corrected chi connectivity index (χ2v) is 6.49. The van der Waals surface area contributed by atoms with Gasteiger partial charge in [-0.05, 0) is 37.0 Å². The summed E-state index contributed by atoms with van der Waals surface area (Å²) in [7, 11) is 2.75. The Morgan fingerprint density at radius 3 is 2.50 bits per heavy atom. The lowest BCUT2D eigenvalue weighted by Gasteiger charge is -2.43. The van der Waals surface area contributed by atoms with E-state index in [-0.39, 0.29) is 48.2 Å². The molecular formula is C18H22FNO4. The quantitative estimate of drug-likeness (QED) is 0.789. The predicted molar refractivity (Wildman–Crippen MR) is 84.8 cm³/mol. The summed E-state index contributed by atoms with van der Waals surface area (Å²) < 4.78 is 23.1. The van der Waals surface area contributed by atoms with Crippen molar-refractivity contribution < 1.29 is 23.5 Å². The maximum absolute atomic E-state index is 13.2. The van der Waals surface area contributed by atoms with Crippen LogP contribution in [-0.4, -0.2) is 49.7 Å². The van der Waals surface area contributed by atoms with Gasteiger partial charge in [0.15, 0.2) is 0 Å². The third kappa shape index (κ3) is 3.02. The molecule has 24 heavy (non-hydrogen) atoms. The molecule has 0 spiro atoms. The first-order valence-electron chi connectivity index (χ1n) is 8.21. The van der Waals surface area contributed by atoms with Gasteiger partial charge in [-0.1, -0.05) is 12.1 Å². The van der Waals surface area contributed by atoms with Crippen molar-refractivity contribution in [3.63, 3.8) is 0 Å². The zero-order valence-corrected chi connectivity index (χ0v) is 13.9. The summed E-state index contributed by atoms with van der Waals surface area (Å²) in [5.41, 5.74) is 0.946. The van der Waals surface area contributed by atoms with Gasteiger partial charge in [0, 0.05) is 18.0 Å². The molecule has 3 rings (SSSR count). The number of piperidine rings is 1. The highest BCUT2D eigenvalue weighted by Gasteiger charge is 2.51. The molecule has 0 N–H and O–H groups in total. The third-order valence-electron chi connectivity index (χ3n) is 5.38. The molecule has 2 fully saturated rings. The Bertz CT molecular complexity index is 618. The first-order valence-corrected chi connectivity index (χ1v) is 8.21. The largest absolute Gasteiger partial charge is 0.469 e. The monoisotopic (exact) mass is 335 g/mol. The van der Waals surface area contributed by atoms with Gasteiger partial charge >= 0.3 is 11.9 Å². The summed E-state index contributed by atoms with van der Waals surface area (Å²) in [6.07, 6.45) is 2.53. The first kappa shape index (κ1) is 16.9. The SMILES string of the molecule is COC(=O)CN1C2CCC1C(C(=O)OC)[C@H](c1ccc(F)cc1)C2. The maximum Gasteiger partial charge on any atom is 0.319 e. The Labute approximate surface area is 140 Å². The molecule has 0 aliphatic carbocycles. The molecule has 0 saturated carbocycles. The molecule has 2 bridgehead atoms. The standard InChI is InChI=1S/C18H22FNO4/c1-23-16(21)10-20-13-7-8-15(20)17(18(22)24-2)14(9-13)11-3-5-12(19)6-4-11/h3-6,13-15,17H,7-10H2,1-2H3/t13?,14-,15?,17?/m0/s1. The highest BCUT2D eigenvalue weighted by molar-refractivity contribution is 5.76. The number of fused-ring (bicyclic) bond motifs is 2. The van der Waals surface area contributed by atoms with E-state index in [2.05, 4.69) is 4.90 Å². The zero-order chi connectivity index (χ0) is 17.3. The van der Waals surface area contributed by atoms with Crippen LogP contribution in [0.2, 0.25) is 0 Å². The van der Waals surface area contributed by atoms with Crippen LogP contribution in [0.15, 0.2) is 24.3 Å². The van der Waals surface area contributed by atoms with E-state index < -0.39 is 0 Å². The zero-order valence-electron chi connectivity index (χ0n) is 13.9. The summed E-state index contributed by atoms with van der Waals surface area (Å²) in [5, 5.41) is 0. The molecule has 5 nitrogen and oxygen atoms in total. The lowest BCUT2D eigenvalue weighted by atomic mass is 9.76. The molecule has 1 aromatic rings. The second kappa shape index (κ2) is 6.89. The van der Waals surface area contributed by atoms with E-state index >= 15 is 0 Å². The minimum Gasteiger partial charge on any atom is -0.469 e. The van der Waals surface area contributed by atoms with Gasteiger partial charge < -0.3 is 9.47 Å². The lowest BCUT2D eigenvalue weighted by molar-refractivity contribution is -0.154. The molecule has 3 unspecified atom stereocenters. The van der Waals surface area contributed by atoms with Gasteiger partial charge in [-0.15, -0.1) is 0 Å². The molecule has 4 atom stereocenters. The number of ether oxygens (including phenoxy) is 2. The smallest absolute Gasteiger partial charge is 0.319 e. The van der Waals surface area contributed by atoms with Crippen LogP contribution in [0.1, 0.15) is 30.7 Å². The van der Waals surface area contributed by atoms with E-state index in [1.54, 1.807) is 12.1 Å². The minimum atomic E-state index is -0.358. The Morgan fingerprint density at radius 2 is 1.88 bits per heavy atom. The van der Waals surface area contributed by atoms with E-state index in [0.717, 1.165) is 24.8 Å². The van der Waals surface area contributed by atoms with E-state index in [0.29, 0.717) is 0 Å². The van der Waals surface area contributed by atoms with Crippen molar-refractivity contribution in [1.29, 1.82) is 0 Å². The van der Waals surface area contributed by atoms with Crippen molar-refractivity contribution in [2.24, 2.45) is 5.92 Å². The number of halogens is 1. The fourth-order valence-electron chi connectivity index (χ4n) is 4.28. The van der Waals surface area contributed by atoms with Crippen molar-refractivity contribution >= 4 is 11.9 Å². The number of rotatable bonds is 4. The van der Waals surface area contributed by atoms with Crippen LogP contribution in [-0.2, 0) is 19.1 Å². The molecule has 0 radical (unpaired) electrons. The number of hydrogen-bond donors (Lipinski definition) is 0. The molecular weight excluding hydrogens is 313 g/mol. The van der Waals surface area contributed by atoms with Gasteiger partial charge in [0.25, 0.3) is 0 Å². The maximum atomic E-state index is 13.2. The summed E-state index contributed by atoms with van der Waals surface area (Å²) in [5.74, 6) is -1.24. The number of nitrogens with zero attached hydrogens (tertiary/aromatic N) is 1. The Hall–Kier alpha value is -1.95. The lowest BCUT2D eigenvalue weighted by Crippen LogP contribution is -2.52. The highest BCUT2D eigenvalue weighted by Crippen LogP contribution is 2.47. The molecule has 2 heterocycles. The summed E-state index contributed by atoms with van der Waals surface area (Å²) in [6, 6.07) is 6.51. The molecule has 0 aromatic heterocycles. The average Bonchev–Trinajstić information content (AvgIpc) is 2.86. The molecule has 2 aliphatic rings. The molecule has 1 aromatic carbocycles. The van der Waals surface area contributed by atoms with Crippen LogP contribution >= 0.6 is 0 Å². The van der Waals surface area contributed by atoms with E-state index in [4.69, 9.17) is 9.47 Å². The Kier molecular flexibility index (Phi) is 4.85. The predicted octanol–water partition coefficient (Wildman–Crippen LogP) is 2.11. The summed E-state index contributed by atoms with van der Waals surface area (Å²) in [6.45, 7) is 0.190. The number of carbonyl (C=O) groups excluding carboxylic acids is 2. The van der Waals surface area contributed by atoms with Crippen molar-refractivity contribution in [3.05, 3.63) is 35.6 Å². The van der Waals surface area contributed by atoms with Gasteiger partial charge in [-0.2, -0.15) is 0 Å². The van der Waals surface area contributed by atoms with Crippen molar-refractivity contribution in [2.75, 3.05) is 20.8 Å². The fraction of sp³-hybridized carbons (Fsp3) is 0.556. The molecule has 130 valence electrons. The van der Waals surface area contributed by atoms with Crippen LogP contribution in [0.3, 0.4) is 0 Å². The average molecular weight is 335 g/mol. The number of methoxy groups -OCH3 is 2. The molecule has 2 saturated heterocycles. The van der Waals surface area contributed by atoms with Crippen LogP contribution in [0.4, 0.5) is 4.39 Å². The second-order valence-electron chi connectivity index (χ2n) is 6.49. The molecule has 2 aliphatic heterocycles. The van der Waals surface area contributed by atoms with Crippen molar-refractivity contribution in [1.82, 2.24) is 4.90 Å². The van der Waals surface area contributed by atoms with Crippen LogP contribution in [0.5, 0.6) is 0 Å². The van der Waals surface area contributed by atoms with Gasteiger partial charge in [0.1, 0.15) is 5.82 Å². The highest BCUT2D eigenvalue weighted by atomic mass is 19.1. The van der Waals surface area contributed by atoms with E-state index in [1.165, 1.54) is 26.4 Å². The van der Waals surface area contributed by atoms with Gasteiger partial charge in [-0.3, -0.25) is 14.5 Å². The summed E-state index contributed by atoms with van der Waals surface area (Å²) in [4.78, 5) is 26.3. The van der Waals surface area contributed by atoms with Gasteiger partial charge in [-0.25, -0.2) is 4.39 Å². The van der Waals surface area contributed by atoms with E-state index in [1.807, 2.05) is 0 Å². The van der Waals surface area contributed by atoms with Crippen molar-refractivity contribution in [3.8, 4) is 0 Å². The van der Waals surface area contributed by atoms with Gasteiger partial charge in [0.2, 0.25) is 0 Å². The Morgan fingerprint density at radius 1 is 1.17 bits per heavy atom. The number of carbonyl (C=O) groups is 2. The normalized spacial score (nSPS) is 29.3. The van der Waals surface area contributed by atoms with Crippen molar-refractivity contribution in [2.45, 2.75) is 37.3 Å². The third-order valence-corrected chi connectivity index (χ3v) is 5.38. The van der Waals surface area contributed by atoms with Crippen LogP contribution < -0.4 is 0 Å². The number of esters is 2. The first-order chi connectivity index (χ1) is 11.5. The van der Waals surface area contributed by atoms with Crippen LogP contribution in [0, 0.1) is 11.7 Å². The number of hydrogen-bond acceptors (Lipinski definition) is 5. The molecule has 6 heteroatoms. The Balaban J connectivity index is 1.90. The minimum absolute atomic E-state index is 0.0237. The van der Waals surface area contributed by atoms with Gasteiger partial charge in [0.05, 0.1) is 26.7 Å². The fourth-order valence-corrected chi connectivity index (χ4v) is 4.28. The summed E-state index contributed by atoms with van der Waals surface area (Å²) >= 11 is 0.